The van der Waals surface area contributed by atoms with E-state index in [-0.39, 0.29) is 0 Å². The van der Waals surface area contributed by atoms with Crippen LogP contribution in [0.25, 0.3) is 0 Å². The van der Waals surface area contributed by atoms with Crippen LogP contribution in [0.4, 0.5) is 0 Å². The standard InChI is InChI=1S/C13H24/c1-5-6-7-10-13(4)11-8-9-12(2)3/h9-10H,5-8,11H2,1-4H3/b13-10-. The lowest BCUT2D eigenvalue weighted by Crippen LogP contribution is -1.78. The molecule has 0 bridgehead atoms. The maximum atomic E-state index is 2.39. The molecule has 0 rings (SSSR count). The van der Waals surface area contributed by atoms with Gasteiger partial charge in [0.05, 0.1) is 0 Å². The zero-order chi connectivity index (χ0) is 10.1. The Hall–Kier alpha value is -0.520. The van der Waals surface area contributed by atoms with Gasteiger partial charge in [0.1, 0.15) is 0 Å². The highest BCUT2D eigenvalue weighted by Crippen LogP contribution is 2.08. The van der Waals surface area contributed by atoms with Gasteiger partial charge in [0, 0.05) is 0 Å². The Morgan fingerprint density at radius 3 is 2.23 bits per heavy atom. The number of hydrogen-bond acceptors (Lipinski definition) is 0. The summed E-state index contributed by atoms with van der Waals surface area (Å²) >= 11 is 0. The molecule has 0 fully saturated rings. The van der Waals surface area contributed by atoms with Crippen LogP contribution >= 0.6 is 0 Å². The van der Waals surface area contributed by atoms with Gasteiger partial charge in [0.25, 0.3) is 0 Å². The van der Waals surface area contributed by atoms with Crippen molar-refractivity contribution in [3.8, 4) is 0 Å². The minimum Gasteiger partial charge on any atom is -0.0856 e. The van der Waals surface area contributed by atoms with E-state index in [1.165, 1.54) is 37.7 Å². The quantitative estimate of drug-likeness (QED) is 0.404. The van der Waals surface area contributed by atoms with Gasteiger partial charge in [-0.05, 0) is 40.0 Å². The van der Waals surface area contributed by atoms with Gasteiger partial charge in [0.2, 0.25) is 0 Å². The first-order valence-electron chi connectivity index (χ1n) is 5.45. The molecule has 0 aliphatic heterocycles. The number of rotatable bonds is 6. The van der Waals surface area contributed by atoms with E-state index in [1.54, 1.807) is 5.57 Å². The Morgan fingerprint density at radius 2 is 1.69 bits per heavy atom. The van der Waals surface area contributed by atoms with E-state index < -0.39 is 0 Å². The van der Waals surface area contributed by atoms with Gasteiger partial charge in [-0.2, -0.15) is 0 Å². The van der Waals surface area contributed by atoms with E-state index in [1.807, 2.05) is 0 Å². The van der Waals surface area contributed by atoms with E-state index in [0.717, 1.165) is 0 Å². The van der Waals surface area contributed by atoms with Gasteiger partial charge in [-0.3, -0.25) is 0 Å². The first-order valence-corrected chi connectivity index (χ1v) is 5.45. The van der Waals surface area contributed by atoms with Crippen molar-refractivity contribution in [2.24, 2.45) is 0 Å². The topological polar surface area (TPSA) is 0 Å². The van der Waals surface area contributed by atoms with E-state index >= 15 is 0 Å². The lowest BCUT2D eigenvalue weighted by Gasteiger charge is -1.98. The van der Waals surface area contributed by atoms with Crippen LogP contribution in [0.3, 0.4) is 0 Å². The molecule has 0 spiro atoms. The van der Waals surface area contributed by atoms with Gasteiger partial charge in [-0.15, -0.1) is 0 Å². The Kier molecular flexibility index (Phi) is 7.77. The lowest BCUT2D eigenvalue weighted by molar-refractivity contribution is 0.804. The number of allylic oxidation sites excluding steroid dienone is 4. The average molecular weight is 180 g/mol. The van der Waals surface area contributed by atoms with E-state index in [4.69, 9.17) is 0 Å². The number of unbranched alkanes of at least 4 members (excludes halogenated alkanes) is 2. The Balaban J connectivity index is 3.55. The highest BCUT2D eigenvalue weighted by Gasteiger charge is 1.88. The number of hydrogen-bond donors (Lipinski definition) is 0. The molecule has 0 saturated heterocycles. The summed E-state index contributed by atoms with van der Waals surface area (Å²) in [4.78, 5) is 0. The fourth-order valence-electron chi connectivity index (χ4n) is 1.24. The summed E-state index contributed by atoms with van der Waals surface area (Å²) in [6.07, 6.45) is 11.0. The van der Waals surface area contributed by atoms with Crippen LogP contribution in [0, 0.1) is 0 Å². The van der Waals surface area contributed by atoms with Crippen molar-refractivity contribution in [1.82, 2.24) is 0 Å². The second-order valence-corrected chi connectivity index (χ2v) is 4.01. The third-order valence-electron chi connectivity index (χ3n) is 2.14. The van der Waals surface area contributed by atoms with Crippen LogP contribution in [0.2, 0.25) is 0 Å². The average Bonchev–Trinajstić information content (AvgIpc) is 2.04. The van der Waals surface area contributed by atoms with Gasteiger partial charge < -0.3 is 0 Å². The van der Waals surface area contributed by atoms with Crippen molar-refractivity contribution in [1.29, 1.82) is 0 Å². The Labute approximate surface area is 83.7 Å². The third-order valence-corrected chi connectivity index (χ3v) is 2.14. The largest absolute Gasteiger partial charge is 0.0856 e. The van der Waals surface area contributed by atoms with Crippen molar-refractivity contribution in [3.63, 3.8) is 0 Å². The first-order chi connectivity index (χ1) is 6.16. The Morgan fingerprint density at radius 1 is 1.00 bits per heavy atom. The zero-order valence-corrected chi connectivity index (χ0v) is 9.69. The van der Waals surface area contributed by atoms with E-state index in [2.05, 4.69) is 39.8 Å². The van der Waals surface area contributed by atoms with Crippen molar-refractivity contribution < 1.29 is 0 Å². The SMILES string of the molecule is CCCC/C=C(/C)CCC=C(C)C. The molecule has 0 aromatic rings. The van der Waals surface area contributed by atoms with E-state index in [0.29, 0.717) is 0 Å². The molecule has 0 aliphatic rings. The molecule has 0 heteroatoms. The van der Waals surface area contributed by atoms with Crippen LogP contribution in [0.1, 0.15) is 59.8 Å². The summed E-state index contributed by atoms with van der Waals surface area (Å²) in [5.74, 6) is 0. The molecule has 0 aliphatic carbocycles. The van der Waals surface area contributed by atoms with Gasteiger partial charge in [0.15, 0.2) is 0 Å². The van der Waals surface area contributed by atoms with Crippen molar-refractivity contribution >= 4 is 0 Å². The first kappa shape index (κ1) is 12.5. The summed E-state index contributed by atoms with van der Waals surface area (Å²) in [5.41, 5.74) is 2.98. The van der Waals surface area contributed by atoms with Crippen LogP contribution in [-0.2, 0) is 0 Å². The monoisotopic (exact) mass is 180 g/mol. The third kappa shape index (κ3) is 9.39. The summed E-state index contributed by atoms with van der Waals surface area (Å²) < 4.78 is 0. The summed E-state index contributed by atoms with van der Waals surface area (Å²) in [6, 6.07) is 0. The fourth-order valence-corrected chi connectivity index (χ4v) is 1.24. The molecule has 13 heavy (non-hydrogen) atoms. The molecule has 0 nitrogen and oxygen atoms in total. The molecule has 0 unspecified atom stereocenters. The molecule has 76 valence electrons. The molecule has 0 N–H and O–H groups in total. The predicted octanol–water partition coefficient (Wildman–Crippen LogP) is 4.87. The molecule has 0 radical (unpaired) electrons. The van der Waals surface area contributed by atoms with Crippen molar-refractivity contribution in [2.75, 3.05) is 0 Å². The normalized spacial score (nSPS) is 11.5. The summed E-state index contributed by atoms with van der Waals surface area (Å²) in [6.45, 7) is 8.81. The van der Waals surface area contributed by atoms with Gasteiger partial charge in [-0.1, -0.05) is 43.1 Å². The van der Waals surface area contributed by atoms with Crippen molar-refractivity contribution in [2.45, 2.75) is 59.8 Å². The van der Waals surface area contributed by atoms with E-state index in [9.17, 15) is 0 Å². The van der Waals surface area contributed by atoms with Crippen LogP contribution in [0.15, 0.2) is 23.3 Å². The molecule has 0 saturated carbocycles. The van der Waals surface area contributed by atoms with Crippen LogP contribution in [0.5, 0.6) is 0 Å². The molecule has 0 amide bonds. The molecule has 0 aromatic heterocycles. The maximum Gasteiger partial charge on any atom is -0.0288 e. The second kappa shape index (κ2) is 8.10. The Bertz CT molecular complexity index is 168. The van der Waals surface area contributed by atoms with Crippen LogP contribution in [-0.4, -0.2) is 0 Å². The molecule has 0 aromatic carbocycles. The summed E-state index contributed by atoms with van der Waals surface area (Å²) in [7, 11) is 0. The second-order valence-electron chi connectivity index (χ2n) is 4.01. The highest BCUT2D eigenvalue weighted by atomic mass is 13.9. The molecular formula is C13H24. The maximum absolute atomic E-state index is 2.39. The molecule has 0 atom stereocenters. The smallest absolute Gasteiger partial charge is 0.0288 e. The highest BCUT2D eigenvalue weighted by molar-refractivity contribution is 5.01. The minimum absolute atomic E-state index is 1.21. The zero-order valence-electron chi connectivity index (χ0n) is 9.69. The molecular weight excluding hydrogens is 156 g/mol. The summed E-state index contributed by atoms with van der Waals surface area (Å²) in [5, 5.41) is 0. The van der Waals surface area contributed by atoms with Gasteiger partial charge in [-0.25, -0.2) is 0 Å². The predicted molar refractivity (Wildman–Crippen MR) is 61.9 cm³/mol. The van der Waals surface area contributed by atoms with Crippen molar-refractivity contribution in [3.05, 3.63) is 23.3 Å². The lowest BCUT2D eigenvalue weighted by atomic mass is 10.1. The molecule has 0 heterocycles. The minimum atomic E-state index is 1.21. The van der Waals surface area contributed by atoms with Gasteiger partial charge >= 0.3 is 0 Å². The van der Waals surface area contributed by atoms with Crippen LogP contribution < -0.4 is 0 Å². The fraction of sp³-hybridized carbons (Fsp3) is 0.692.